The molecule has 8 heteroatoms. The first-order chi connectivity index (χ1) is 8.91. The number of benzene rings is 1. The fourth-order valence-electron chi connectivity index (χ4n) is 1.74. The molecule has 2 rings (SSSR count). The fourth-order valence-corrected chi connectivity index (χ4v) is 2.20. The van der Waals surface area contributed by atoms with Crippen LogP contribution in [0, 0.1) is 10.1 Å². The van der Waals surface area contributed by atoms with E-state index >= 15 is 0 Å². The predicted molar refractivity (Wildman–Crippen MR) is 70.5 cm³/mol. The van der Waals surface area contributed by atoms with Crippen molar-refractivity contribution in [2.45, 2.75) is 13.5 Å². The maximum atomic E-state index is 11.1. The van der Waals surface area contributed by atoms with E-state index in [1.165, 1.54) is 6.92 Å². The molecular weight excluding hydrogens is 318 g/mol. The van der Waals surface area contributed by atoms with E-state index in [1.54, 1.807) is 23.7 Å². The molecular formula is C11H10BrN3O4. The Hall–Kier alpha value is -1.96. The number of hydrogen-bond donors (Lipinski definition) is 0. The maximum absolute atomic E-state index is 11.1. The molecule has 0 radical (unpaired) electrons. The van der Waals surface area contributed by atoms with E-state index in [-0.39, 0.29) is 17.8 Å². The number of nitro benzene ring substituents is 1. The molecule has 0 N–H and O–H groups in total. The highest BCUT2D eigenvalue weighted by molar-refractivity contribution is 9.10. The van der Waals surface area contributed by atoms with Crippen LogP contribution in [0.15, 0.2) is 16.6 Å². The van der Waals surface area contributed by atoms with Gasteiger partial charge in [-0.3, -0.25) is 14.9 Å². The van der Waals surface area contributed by atoms with Gasteiger partial charge in [-0.25, -0.2) is 4.98 Å². The number of hydrogen-bond acceptors (Lipinski definition) is 5. The van der Waals surface area contributed by atoms with Gasteiger partial charge in [0.1, 0.15) is 12.4 Å². The van der Waals surface area contributed by atoms with Crippen LogP contribution in [0.2, 0.25) is 0 Å². The Balaban J connectivity index is 2.59. The van der Waals surface area contributed by atoms with Crippen LogP contribution in [0.4, 0.5) is 5.69 Å². The number of halogens is 1. The Kier molecular flexibility index (Phi) is 3.52. The molecule has 7 nitrogen and oxygen atoms in total. The molecule has 0 saturated heterocycles. The van der Waals surface area contributed by atoms with Crippen molar-refractivity contribution < 1.29 is 14.5 Å². The lowest BCUT2D eigenvalue weighted by Crippen LogP contribution is -2.04. The first-order valence-corrected chi connectivity index (χ1v) is 6.12. The summed E-state index contributed by atoms with van der Waals surface area (Å²) in [6.45, 7) is 1.27. The number of imidazole rings is 1. The van der Waals surface area contributed by atoms with Crippen molar-refractivity contribution in [2.75, 3.05) is 0 Å². The number of ether oxygens (including phenoxy) is 1. The maximum Gasteiger partial charge on any atom is 0.311 e. The summed E-state index contributed by atoms with van der Waals surface area (Å²) < 4.78 is 6.89. The quantitative estimate of drug-likeness (QED) is 0.490. The van der Waals surface area contributed by atoms with Gasteiger partial charge in [-0.15, -0.1) is 0 Å². The third kappa shape index (κ3) is 2.43. The Labute approximate surface area is 116 Å². The summed E-state index contributed by atoms with van der Waals surface area (Å²) in [4.78, 5) is 25.6. The van der Waals surface area contributed by atoms with Gasteiger partial charge in [0, 0.05) is 14.0 Å². The molecule has 1 aromatic carbocycles. The number of esters is 1. The summed E-state index contributed by atoms with van der Waals surface area (Å²) in [7, 11) is 1.71. The highest BCUT2D eigenvalue weighted by Crippen LogP contribution is 2.33. The minimum atomic E-state index is -0.491. The van der Waals surface area contributed by atoms with Gasteiger partial charge in [0.15, 0.2) is 5.52 Å². The largest absolute Gasteiger partial charge is 0.458 e. The number of aryl methyl sites for hydroxylation is 1. The SMILES string of the molecule is CC(=O)OCc1nc2c([N+](=O)[O-])c(Br)ccc2n1C. The topological polar surface area (TPSA) is 87.3 Å². The standard InChI is InChI=1S/C11H10BrN3O4/c1-6(16)19-5-9-13-10-8(14(9)2)4-3-7(12)11(10)15(17)18/h3-4H,5H2,1-2H3. The van der Waals surface area contributed by atoms with Gasteiger partial charge < -0.3 is 9.30 Å². The normalized spacial score (nSPS) is 10.7. The van der Waals surface area contributed by atoms with Crippen molar-refractivity contribution in [3.63, 3.8) is 0 Å². The van der Waals surface area contributed by atoms with Crippen LogP contribution >= 0.6 is 15.9 Å². The van der Waals surface area contributed by atoms with Crippen molar-refractivity contribution in [1.29, 1.82) is 0 Å². The Morgan fingerprint density at radius 3 is 2.84 bits per heavy atom. The summed E-state index contributed by atoms with van der Waals surface area (Å²) in [5, 5.41) is 11.1. The van der Waals surface area contributed by atoms with Crippen LogP contribution in [0.1, 0.15) is 12.7 Å². The number of aromatic nitrogens is 2. The molecule has 0 aliphatic carbocycles. The molecule has 1 aromatic heterocycles. The van der Waals surface area contributed by atoms with Crippen molar-refractivity contribution >= 4 is 38.6 Å². The summed E-state index contributed by atoms with van der Waals surface area (Å²) >= 11 is 3.14. The van der Waals surface area contributed by atoms with E-state index in [1.807, 2.05) is 0 Å². The van der Waals surface area contributed by atoms with Gasteiger partial charge in [-0.2, -0.15) is 0 Å². The molecule has 19 heavy (non-hydrogen) atoms. The lowest BCUT2D eigenvalue weighted by Gasteiger charge is -2.02. The lowest BCUT2D eigenvalue weighted by atomic mass is 10.3. The Morgan fingerprint density at radius 2 is 2.26 bits per heavy atom. The molecule has 0 saturated carbocycles. The molecule has 0 spiro atoms. The lowest BCUT2D eigenvalue weighted by molar-refractivity contribution is -0.384. The van der Waals surface area contributed by atoms with E-state index in [9.17, 15) is 14.9 Å². The molecule has 2 aromatic rings. The first-order valence-electron chi connectivity index (χ1n) is 5.33. The van der Waals surface area contributed by atoms with Gasteiger partial charge in [0.25, 0.3) is 0 Å². The Bertz CT molecular complexity index is 680. The smallest absolute Gasteiger partial charge is 0.311 e. The van der Waals surface area contributed by atoms with Gasteiger partial charge >= 0.3 is 11.7 Å². The summed E-state index contributed by atoms with van der Waals surface area (Å²) in [6.07, 6.45) is 0. The van der Waals surface area contributed by atoms with Crippen LogP contribution in [0.5, 0.6) is 0 Å². The first kappa shape index (κ1) is 13.5. The zero-order chi connectivity index (χ0) is 14.2. The second kappa shape index (κ2) is 4.96. The number of fused-ring (bicyclic) bond motifs is 1. The molecule has 0 amide bonds. The van der Waals surface area contributed by atoms with E-state index in [2.05, 4.69) is 20.9 Å². The minimum absolute atomic E-state index is 0.0186. The number of nitrogens with zero attached hydrogens (tertiary/aromatic N) is 3. The third-order valence-electron chi connectivity index (χ3n) is 2.66. The van der Waals surface area contributed by atoms with Crippen molar-refractivity contribution in [1.82, 2.24) is 9.55 Å². The van der Waals surface area contributed by atoms with Crippen LogP contribution < -0.4 is 0 Å². The molecule has 0 bridgehead atoms. The number of nitro groups is 1. The van der Waals surface area contributed by atoms with Crippen molar-refractivity contribution in [2.24, 2.45) is 7.05 Å². The summed E-state index contributed by atoms with van der Waals surface area (Å²) in [6, 6.07) is 3.31. The van der Waals surface area contributed by atoms with Gasteiger partial charge in [0.2, 0.25) is 0 Å². The monoisotopic (exact) mass is 327 g/mol. The average molecular weight is 328 g/mol. The van der Waals surface area contributed by atoms with E-state index in [0.29, 0.717) is 15.8 Å². The molecule has 100 valence electrons. The molecule has 0 unspecified atom stereocenters. The van der Waals surface area contributed by atoms with Crippen LogP contribution in [0.25, 0.3) is 11.0 Å². The van der Waals surface area contributed by atoms with Crippen LogP contribution in [-0.4, -0.2) is 20.4 Å². The van der Waals surface area contributed by atoms with E-state index < -0.39 is 10.9 Å². The van der Waals surface area contributed by atoms with Gasteiger partial charge in [-0.1, -0.05) is 0 Å². The van der Waals surface area contributed by atoms with Crippen molar-refractivity contribution in [3.8, 4) is 0 Å². The van der Waals surface area contributed by atoms with Crippen LogP contribution in [0.3, 0.4) is 0 Å². The third-order valence-corrected chi connectivity index (χ3v) is 3.30. The van der Waals surface area contributed by atoms with Gasteiger partial charge in [0.05, 0.1) is 14.9 Å². The molecule has 0 atom stereocenters. The summed E-state index contributed by atoms with van der Waals surface area (Å²) in [5.41, 5.74) is 0.781. The van der Waals surface area contributed by atoms with E-state index in [4.69, 9.17) is 4.74 Å². The fraction of sp³-hybridized carbons (Fsp3) is 0.273. The number of carbonyl (C=O) groups is 1. The van der Waals surface area contributed by atoms with Crippen molar-refractivity contribution in [3.05, 3.63) is 32.5 Å². The Morgan fingerprint density at radius 1 is 1.58 bits per heavy atom. The summed E-state index contributed by atoms with van der Waals surface area (Å²) in [5.74, 6) is 0.0223. The highest BCUT2D eigenvalue weighted by Gasteiger charge is 2.22. The minimum Gasteiger partial charge on any atom is -0.458 e. The van der Waals surface area contributed by atoms with Gasteiger partial charge in [-0.05, 0) is 28.1 Å². The second-order valence-corrected chi connectivity index (χ2v) is 4.74. The molecule has 0 fully saturated rings. The predicted octanol–water partition coefficient (Wildman–Crippen LogP) is 2.31. The van der Waals surface area contributed by atoms with Crippen LogP contribution in [-0.2, 0) is 23.2 Å². The highest BCUT2D eigenvalue weighted by atomic mass is 79.9. The molecule has 0 aliphatic heterocycles. The zero-order valence-corrected chi connectivity index (χ0v) is 11.8. The van der Waals surface area contributed by atoms with E-state index in [0.717, 1.165) is 0 Å². The number of carbonyl (C=O) groups excluding carboxylic acids is 1. The molecule has 0 aliphatic rings. The zero-order valence-electron chi connectivity index (χ0n) is 10.2. The molecule has 1 heterocycles. The average Bonchev–Trinajstić information content (AvgIpc) is 2.63. The second-order valence-electron chi connectivity index (χ2n) is 3.89. The number of rotatable bonds is 3.